The standard InChI is InChI=1S/C16H27N3O/c1-12(2)15(19(3)4)11-18-16(20)14(17)10-13-8-6-5-7-9-13/h5-9,12,14-15H,10-11,17H2,1-4H3,(H,18,20). The van der Waals surface area contributed by atoms with E-state index in [4.69, 9.17) is 5.73 Å². The summed E-state index contributed by atoms with van der Waals surface area (Å²) >= 11 is 0. The van der Waals surface area contributed by atoms with Crippen molar-refractivity contribution in [2.45, 2.75) is 32.4 Å². The lowest BCUT2D eigenvalue weighted by atomic mass is 10.0. The molecule has 0 aliphatic heterocycles. The number of carbonyl (C=O) groups is 1. The fraction of sp³-hybridized carbons (Fsp3) is 0.562. The SMILES string of the molecule is CC(C)C(CNC(=O)C(N)Cc1ccccc1)N(C)C. The molecule has 2 unspecified atom stereocenters. The second kappa shape index (κ2) is 8.02. The van der Waals surface area contributed by atoms with Crippen molar-refractivity contribution in [2.24, 2.45) is 11.7 Å². The highest BCUT2D eigenvalue weighted by Crippen LogP contribution is 2.06. The monoisotopic (exact) mass is 277 g/mol. The Labute approximate surface area is 122 Å². The van der Waals surface area contributed by atoms with Gasteiger partial charge in [-0.15, -0.1) is 0 Å². The van der Waals surface area contributed by atoms with Gasteiger partial charge in [0.2, 0.25) is 5.91 Å². The molecule has 0 aliphatic carbocycles. The number of benzene rings is 1. The third kappa shape index (κ3) is 5.31. The lowest BCUT2D eigenvalue weighted by Gasteiger charge is -2.28. The average molecular weight is 277 g/mol. The molecule has 1 rings (SSSR count). The molecule has 0 radical (unpaired) electrons. The van der Waals surface area contributed by atoms with Crippen molar-refractivity contribution >= 4 is 5.91 Å². The fourth-order valence-electron chi connectivity index (χ4n) is 2.31. The topological polar surface area (TPSA) is 58.4 Å². The van der Waals surface area contributed by atoms with E-state index in [-0.39, 0.29) is 5.91 Å². The van der Waals surface area contributed by atoms with Crippen molar-refractivity contribution in [3.63, 3.8) is 0 Å². The lowest BCUT2D eigenvalue weighted by Crippen LogP contribution is -2.48. The van der Waals surface area contributed by atoms with Gasteiger partial charge in [-0.3, -0.25) is 4.79 Å². The largest absolute Gasteiger partial charge is 0.353 e. The first-order chi connectivity index (χ1) is 9.41. The van der Waals surface area contributed by atoms with Crippen molar-refractivity contribution in [3.8, 4) is 0 Å². The highest BCUT2D eigenvalue weighted by Gasteiger charge is 2.19. The van der Waals surface area contributed by atoms with Gasteiger partial charge in [-0.1, -0.05) is 44.2 Å². The minimum atomic E-state index is -0.493. The second-order valence-electron chi connectivity index (χ2n) is 5.82. The van der Waals surface area contributed by atoms with Gasteiger partial charge in [0, 0.05) is 12.6 Å². The van der Waals surface area contributed by atoms with E-state index in [0.717, 1.165) is 5.56 Å². The van der Waals surface area contributed by atoms with Crippen molar-refractivity contribution in [3.05, 3.63) is 35.9 Å². The molecule has 2 atom stereocenters. The van der Waals surface area contributed by atoms with E-state index in [1.165, 1.54) is 0 Å². The molecule has 112 valence electrons. The van der Waals surface area contributed by atoms with E-state index in [0.29, 0.717) is 24.9 Å². The summed E-state index contributed by atoms with van der Waals surface area (Å²) in [4.78, 5) is 14.2. The van der Waals surface area contributed by atoms with Gasteiger partial charge in [0.15, 0.2) is 0 Å². The summed E-state index contributed by atoms with van der Waals surface area (Å²) < 4.78 is 0. The van der Waals surface area contributed by atoms with Crippen molar-refractivity contribution in [1.29, 1.82) is 0 Å². The van der Waals surface area contributed by atoms with E-state index in [1.54, 1.807) is 0 Å². The minimum absolute atomic E-state index is 0.0821. The fourth-order valence-corrected chi connectivity index (χ4v) is 2.31. The van der Waals surface area contributed by atoms with Gasteiger partial charge in [0.1, 0.15) is 0 Å². The summed E-state index contributed by atoms with van der Waals surface area (Å²) in [5.41, 5.74) is 7.05. The highest BCUT2D eigenvalue weighted by atomic mass is 16.2. The predicted molar refractivity (Wildman–Crippen MR) is 83.4 cm³/mol. The number of nitrogens with zero attached hydrogens (tertiary/aromatic N) is 1. The summed E-state index contributed by atoms with van der Waals surface area (Å²) in [5.74, 6) is 0.400. The molecule has 0 saturated heterocycles. The van der Waals surface area contributed by atoms with Crippen molar-refractivity contribution in [1.82, 2.24) is 10.2 Å². The molecule has 4 heteroatoms. The van der Waals surface area contributed by atoms with Crippen molar-refractivity contribution in [2.75, 3.05) is 20.6 Å². The van der Waals surface area contributed by atoms with Crippen LogP contribution in [0, 0.1) is 5.92 Å². The molecule has 20 heavy (non-hydrogen) atoms. The Bertz CT molecular complexity index is 395. The molecule has 0 heterocycles. The smallest absolute Gasteiger partial charge is 0.237 e. The van der Waals surface area contributed by atoms with Crippen LogP contribution in [-0.2, 0) is 11.2 Å². The van der Waals surface area contributed by atoms with E-state index in [1.807, 2.05) is 44.4 Å². The van der Waals surface area contributed by atoms with Gasteiger partial charge in [-0.2, -0.15) is 0 Å². The van der Waals surface area contributed by atoms with Crippen LogP contribution in [0.5, 0.6) is 0 Å². The molecule has 1 amide bonds. The summed E-state index contributed by atoms with van der Waals surface area (Å²) in [5, 5.41) is 2.96. The van der Waals surface area contributed by atoms with Gasteiger partial charge in [0.25, 0.3) is 0 Å². The Morgan fingerprint density at radius 1 is 1.25 bits per heavy atom. The molecule has 3 N–H and O–H groups in total. The first-order valence-corrected chi connectivity index (χ1v) is 7.15. The number of likely N-dealkylation sites (N-methyl/N-ethyl adjacent to an activating group) is 1. The number of amides is 1. The number of nitrogens with one attached hydrogen (secondary N) is 1. The molecule has 1 aromatic rings. The van der Waals surface area contributed by atoms with Gasteiger partial charge in [-0.05, 0) is 32.0 Å². The van der Waals surface area contributed by atoms with Crippen molar-refractivity contribution < 1.29 is 4.79 Å². The van der Waals surface area contributed by atoms with E-state index < -0.39 is 6.04 Å². The van der Waals surface area contributed by atoms with Crippen LogP contribution in [0.4, 0.5) is 0 Å². The van der Waals surface area contributed by atoms with Gasteiger partial charge in [-0.25, -0.2) is 0 Å². The Balaban J connectivity index is 2.46. The van der Waals surface area contributed by atoms with Crippen LogP contribution in [0.1, 0.15) is 19.4 Å². The maximum atomic E-state index is 12.0. The third-order valence-electron chi connectivity index (χ3n) is 3.55. The minimum Gasteiger partial charge on any atom is -0.353 e. The van der Waals surface area contributed by atoms with E-state index >= 15 is 0 Å². The molecule has 0 bridgehead atoms. The first kappa shape index (κ1) is 16.7. The first-order valence-electron chi connectivity index (χ1n) is 7.15. The number of hydrogen-bond donors (Lipinski definition) is 2. The van der Waals surface area contributed by atoms with Crippen LogP contribution in [-0.4, -0.2) is 43.5 Å². The Morgan fingerprint density at radius 2 is 1.85 bits per heavy atom. The molecule has 0 spiro atoms. The normalized spacial score (nSPS) is 14.3. The van der Waals surface area contributed by atoms with Crippen LogP contribution >= 0.6 is 0 Å². The van der Waals surface area contributed by atoms with E-state index in [2.05, 4.69) is 24.1 Å². The molecule has 4 nitrogen and oxygen atoms in total. The number of carbonyl (C=O) groups excluding carboxylic acids is 1. The third-order valence-corrected chi connectivity index (χ3v) is 3.55. The maximum Gasteiger partial charge on any atom is 0.237 e. The molecule has 0 fully saturated rings. The molecule has 0 aromatic heterocycles. The van der Waals surface area contributed by atoms with Crippen LogP contribution in [0.2, 0.25) is 0 Å². The predicted octanol–water partition coefficient (Wildman–Crippen LogP) is 1.26. The summed E-state index contributed by atoms with van der Waals surface area (Å²) in [6, 6.07) is 9.68. The van der Waals surface area contributed by atoms with Crippen LogP contribution < -0.4 is 11.1 Å². The van der Waals surface area contributed by atoms with Crippen LogP contribution in [0.15, 0.2) is 30.3 Å². The van der Waals surface area contributed by atoms with Crippen LogP contribution in [0.3, 0.4) is 0 Å². The Kier molecular flexibility index (Phi) is 6.68. The molecule has 0 aliphatic rings. The molecular formula is C16H27N3O. The Hall–Kier alpha value is -1.39. The van der Waals surface area contributed by atoms with E-state index in [9.17, 15) is 4.79 Å². The number of rotatable bonds is 7. The number of hydrogen-bond acceptors (Lipinski definition) is 3. The van der Waals surface area contributed by atoms with Gasteiger partial charge >= 0.3 is 0 Å². The summed E-state index contributed by atoms with van der Waals surface area (Å²) in [6.07, 6.45) is 0.570. The zero-order valence-electron chi connectivity index (χ0n) is 13.0. The average Bonchev–Trinajstić information content (AvgIpc) is 2.38. The Morgan fingerprint density at radius 3 is 2.35 bits per heavy atom. The highest BCUT2D eigenvalue weighted by molar-refractivity contribution is 5.81. The quantitative estimate of drug-likeness (QED) is 0.789. The van der Waals surface area contributed by atoms with Gasteiger partial charge < -0.3 is 16.0 Å². The zero-order valence-corrected chi connectivity index (χ0v) is 13.0. The number of nitrogens with two attached hydrogens (primary N) is 1. The lowest BCUT2D eigenvalue weighted by molar-refractivity contribution is -0.122. The maximum absolute atomic E-state index is 12.0. The second-order valence-corrected chi connectivity index (χ2v) is 5.82. The summed E-state index contributed by atoms with van der Waals surface area (Å²) in [7, 11) is 4.06. The summed E-state index contributed by atoms with van der Waals surface area (Å²) in [6.45, 7) is 4.94. The molecular weight excluding hydrogens is 250 g/mol. The zero-order chi connectivity index (χ0) is 15.1. The molecule has 1 aromatic carbocycles. The molecule has 0 saturated carbocycles. The van der Waals surface area contributed by atoms with Crippen LogP contribution in [0.25, 0.3) is 0 Å². The van der Waals surface area contributed by atoms with Gasteiger partial charge in [0.05, 0.1) is 6.04 Å².